The van der Waals surface area contributed by atoms with Crippen LogP contribution < -0.4 is 5.32 Å². The van der Waals surface area contributed by atoms with E-state index in [-0.39, 0.29) is 10.7 Å². The summed E-state index contributed by atoms with van der Waals surface area (Å²) in [5, 5.41) is 4.45. The van der Waals surface area contributed by atoms with Crippen molar-refractivity contribution < 1.29 is 4.21 Å². The molecule has 3 atom stereocenters. The monoisotopic (exact) mass is 313 g/mol. The molecule has 0 saturated heterocycles. The molecular weight excluding hydrogens is 290 g/mol. The van der Waals surface area contributed by atoms with Crippen LogP contribution in [0.4, 0.5) is 0 Å². The van der Waals surface area contributed by atoms with Gasteiger partial charge in [-0.1, -0.05) is 38.4 Å². The maximum absolute atomic E-state index is 12.9. The zero-order valence-electron chi connectivity index (χ0n) is 12.5. The lowest BCUT2D eigenvalue weighted by atomic mass is 9.87. The Morgan fingerprint density at radius 2 is 2.20 bits per heavy atom. The smallest absolute Gasteiger partial charge is 0.0577 e. The fraction of sp³-hybridized carbons (Fsp3) is 0.625. The summed E-state index contributed by atoms with van der Waals surface area (Å²) < 4.78 is 12.9. The third-order valence-electron chi connectivity index (χ3n) is 4.20. The average Bonchev–Trinajstić information content (AvgIpc) is 2.70. The predicted molar refractivity (Wildman–Crippen MR) is 86.7 cm³/mol. The Balaban J connectivity index is 2.20. The molecule has 1 aromatic carbocycles. The van der Waals surface area contributed by atoms with Gasteiger partial charge in [0.2, 0.25) is 0 Å². The number of halogens is 1. The van der Waals surface area contributed by atoms with Gasteiger partial charge in [-0.3, -0.25) is 4.21 Å². The molecule has 1 aliphatic rings. The van der Waals surface area contributed by atoms with Gasteiger partial charge < -0.3 is 5.32 Å². The molecule has 20 heavy (non-hydrogen) atoms. The van der Waals surface area contributed by atoms with Crippen molar-refractivity contribution in [2.24, 2.45) is 5.41 Å². The quantitative estimate of drug-likeness (QED) is 0.890. The molecule has 3 unspecified atom stereocenters. The molecule has 0 heterocycles. The van der Waals surface area contributed by atoms with Crippen molar-refractivity contribution in [3.05, 3.63) is 29.3 Å². The summed E-state index contributed by atoms with van der Waals surface area (Å²) in [6.07, 6.45) is 3.22. The summed E-state index contributed by atoms with van der Waals surface area (Å²) in [6.45, 7) is 7.69. The predicted octanol–water partition coefficient (Wildman–Crippen LogP) is 4.00. The van der Waals surface area contributed by atoms with Crippen molar-refractivity contribution in [3.8, 4) is 0 Å². The van der Waals surface area contributed by atoms with E-state index in [2.05, 4.69) is 26.1 Å². The third kappa shape index (κ3) is 3.44. The van der Waals surface area contributed by atoms with E-state index in [9.17, 15) is 4.21 Å². The summed E-state index contributed by atoms with van der Waals surface area (Å²) in [5.41, 5.74) is 0.202. The zero-order valence-corrected chi connectivity index (χ0v) is 14.1. The van der Waals surface area contributed by atoms with Crippen LogP contribution in [0.1, 0.15) is 40.0 Å². The first-order valence-electron chi connectivity index (χ1n) is 7.35. The molecule has 2 nitrogen and oxygen atoms in total. The van der Waals surface area contributed by atoms with E-state index in [1.807, 2.05) is 24.3 Å². The van der Waals surface area contributed by atoms with Gasteiger partial charge in [0.1, 0.15) is 0 Å². The van der Waals surface area contributed by atoms with E-state index in [0.717, 1.165) is 30.7 Å². The fourth-order valence-corrected chi connectivity index (χ4v) is 5.15. The maximum Gasteiger partial charge on any atom is 0.0577 e. The van der Waals surface area contributed by atoms with Crippen LogP contribution in [0, 0.1) is 5.41 Å². The van der Waals surface area contributed by atoms with Gasteiger partial charge in [-0.2, -0.15) is 0 Å². The molecule has 4 heteroatoms. The minimum atomic E-state index is -0.996. The Morgan fingerprint density at radius 3 is 2.85 bits per heavy atom. The minimum absolute atomic E-state index is 0.176. The van der Waals surface area contributed by atoms with Gasteiger partial charge in [0.25, 0.3) is 0 Å². The van der Waals surface area contributed by atoms with Gasteiger partial charge in [-0.05, 0) is 49.4 Å². The molecular formula is C16H24ClNOS. The molecule has 0 bridgehead atoms. The van der Waals surface area contributed by atoms with Crippen molar-refractivity contribution in [1.29, 1.82) is 0 Å². The molecule has 0 aliphatic heterocycles. The van der Waals surface area contributed by atoms with Crippen LogP contribution in [0.25, 0.3) is 0 Å². The molecule has 1 aromatic rings. The highest BCUT2D eigenvalue weighted by molar-refractivity contribution is 7.85. The summed E-state index contributed by atoms with van der Waals surface area (Å²) in [5.74, 6) is 0. The number of hydrogen-bond donors (Lipinski definition) is 1. The first-order valence-corrected chi connectivity index (χ1v) is 8.94. The van der Waals surface area contributed by atoms with Crippen LogP contribution in [-0.4, -0.2) is 22.0 Å². The second kappa shape index (κ2) is 6.59. The van der Waals surface area contributed by atoms with Crippen LogP contribution in [-0.2, 0) is 10.8 Å². The van der Waals surface area contributed by atoms with Gasteiger partial charge >= 0.3 is 0 Å². The van der Waals surface area contributed by atoms with Crippen LogP contribution >= 0.6 is 11.6 Å². The SMILES string of the molecule is CCCNC1C(S(=O)c2cccc(Cl)c2)CCC1(C)C. The Labute approximate surface area is 129 Å². The van der Waals surface area contributed by atoms with E-state index >= 15 is 0 Å². The van der Waals surface area contributed by atoms with E-state index in [1.165, 1.54) is 0 Å². The molecule has 1 saturated carbocycles. The molecule has 1 fully saturated rings. The van der Waals surface area contributed by atoms with Gasteiger partial charge in [0.15, 0.2) is 0 Å². The van der Waals surface area contributed by atoms with Gasteiger partial charge in [-0.15, -0.1) is 0 Å². The molecule has 0 aromatic heterocycles. The second-order valence-corrected chi connectivity index (χ2v) is 8.36. The standard InChI is InChI=1S/C16H24ClNOS/c1-4-10-18-15-14(8-9-16(15,2)3)20(19)13-7-5-6-12(17)11-13/h5-7,11,14-15,18H,4,8-10H2,1-3H3. The lowest BCUT2D eigenvalue weighted by molar-refractivity contribution is 0.286. The summed E-state index contributed by atoms with van der Waals surface area (Å²) in [4.78, 5) is 0.850. The molecule has 0 radical (unpaired) electrons. The van der Waals surface area contributed by atoms with E-state index in [4.69, 9.17) is 11.6 Å². The first kappa shape index (κ1) is 16.0. The van der Waals surface area contributed by atoms with Crippen molar-refractivity contribution in [2.45, 2.75) is 56.2 Å². The topological polar surface area (TPSA) is 29.1 Å². The van der Waals surface area contributed by atoms with Crippen LogP contribution in [0.5, 0.6) is 0 Å². The highest BCUT2D eigenvalue weighted by Crippen LogP contribution is 2.41. The summed E-state index contributed by atoms with van der Waals surface area (Å²) >= 11 is 6.02. The Hall–Kier alpha value is -0.380. The van der Waals surface area contributed by atoms with Crippen molar-refractivity contribution in [1.82, 2.24) is 5.32 Å². The highest BCUT2D eigenvalue weighted by Gasteiger charge is 2.44. The lowest BCUT2D eigenvalue weighted by Gasteiger charge is -2.31. The van der Waals surface area contributed by atoms with Crippen molar-refractivity contribution >= 4 is 22.4 Å². The molecule has 112 valence electrons. The summed E-state index contributed by atoms with van der Waals surface area (Å²) in [6, 6.07) is 7.77. The molecule has 0 amide bonds. The van der Waals surface area contributed by atoms with Crippen LogP contribution in [0.2, 0.25) is 5.02 Å². The van der Waals surface area contributed by atoms with Crippen molar-refractivity contribution in [3.63, 3.8) is 0 Å². The third-order valence-corrected chi connectivity index (χ3v) is 6.22. The largest absolute Gasteiger partial charge is 0.312 e. The minimum Gasteiger partial charge on any atom is -0.312 e. The molecule has 0 spiro atoms. The van der Waals surface area contributed by atoms with Crippen molar-refractivity contribution in [2.75, 3.05) is 6.54 Å². The highest BCUT2D eigenvalue weighted by atomic mass is 35.5. The average molecular weight is 314 g/mol. The fourth-order valence-electron chi connectivity index (χ4n) is 3.04. The second-order valence-electron chi connectivity index (χ2n) is 6.25. The normalized spacial score (nSPS) is 26.6. The Kier molecular flexibility index (Phi) is 5.27. The van der Waals surface area contributed by atoms with Gasteiger partial charge in [-0.25, -0.2) is 0 Å². The number of hydrogen-bond acceptors (Lipinski definition) is 2. The Morgan fingerprint density at radius 1 is 1.45 bits per heavy atom. The Bertz CT molecular complexity index is 489. The molecule has 2 rings (SSSR count). The maximum atomic E-state index is 12.9. The van der Waals surface area contributed by atoms with Gasteiger partial charge in [0.05, 0.1) is 16.0 Å². The number of rotatable bonds is 5. The van der Waals surface area contributed by atoms with E-state index in [0.29, 0.717) is 11.1 Å². The van der Waals surface area contributed by atoms with Crippen LogP contribution in [0.15, 0.2) is 29.2 Å². The van der Waals surface area contributed by atoms with E-state index in [1.54, 1.807) is 0 Å². The summed E-state index contributed by atoms with van der Waals surface area (Å²) in [7, 11) is -0.996. The zero-order chi connectivity index (χ0) is 14.8. The first-order chi connectivity index (χ1) is 9.45. The molecule has 1 aliphatic carbocycles. The van der Waals surface area contributed by atoms with Gasteiger partial charge in [0, 0.05) is 16.0 Å². The number of benzene rings is 1. The number of nitrogens with one attached hydrogen (secondary N) is 1. The van der Waals surface area contributed by atoms with Crippen LogP contribution in [0.3, 0.4) is 0 Å². The lowest BCUT2D eigenvalue weighted by Crippen LogP contribution is -2.46. The molecule has 1 N–H and O–H groups in total. The van der Waals surface area contributed by atoms with E-state index < -0.39 is 10.8 Å².